The van der Waals surface area contributed by atoms with E-state index in [-0.39, 0.29) is 12.4 Å². The van der Waals surface area contributed by atoms with Gasteiger partial charge in [-0.15, -0.1) is 12.4 Å². The van der Waals surface area contributed by atoms with E-state index in [1.165, 1.54) is 11.1 Å². The van der Waals surface area contributed by atoms with Crippen molar-refractivity contribution in [1.82, 2.24) is 9.88 Å². The fraction of sp³-hybridized carbons (Fsp3) is 0.188. The molecule has 0 bridgehead atoms. The van der Waals surface area contributed by atoms with Crippen LogP contribution in [0.2, 0.25) is 0 Å². The van der Waals surface area contributed by atoms with Gasteiger partial charge in [-0.05, 0) is 43.4 Å². The summed E-state index contributed by atoms with van der Waals surface area (Å²) in [5, 5.41) is 0. The van der Waals surface area contributed by atoms with Crippen molar-refractivity contribution < 1.29 is 0 Å². The lowest BCUT2D eigenvalue weighted by Gasteiger charge is -2.11. The number of halogens is 2. The maximum Gasteiger partial charge on any atom is 0.0346 e. The average molecular weight is 354 g/mol. The van der Waals surface area contributed by atoms with Crippen LogP contribution >= 0.6 is 28.3 Å². The van der Waals surface area contributed by atoms with E-state index in [0.29, 0.717) is 0 Å². The Balaban J connectivity index is 0.00000200. The van der Waals surface area contributed by atoms with Gasteiger partial charge in [0.05, 0.1) is 0 Å². The van der Waals surface area contributed by atoms with Gasteiger partial charge in [-0.2, -0.15) is 0 Å². The van der Waals surface area contributed by atoms with Crippen molar-refractivity contribution in [2.45, 2.75) is 0 Å². The van der Waals surface area contributed by atoms with Crippen LogP contribution in [0, 0.1) is 0 Å². The summed E-state index contributed by atoms with van der Waals surface area (Å²) in [6.45, 7) is 0.903. The highest BCUT2D eigenvalue weighted by Crippen LogP contribution is 2.24. The molecule has 4 heteroatoms. The molecule has 0 saturated carbocycles. The highest BCUT2D eigenvalue weighted by atomic mass is 79.9. The minimum absolute atomic E-state index is 0. The van der Waals surface area contributed by atoms with Crippen LogP contribution in [0.1, 0.15) is 11.1 Å². The Hall–Kier alpha value is -1.16. The van der Waals surface area contributed by atoms with Crippen molar-refractivity contribution in [3.8, 4) is 0 Å². The molecular weight excluding hydrogens is 336 g/mol. The molecule has 0 amide bonds. The number of pyridine rings is 1. The average Bonchev–Trinajstić information content (AvgIpc) is 2.42. The summed E-state index contributed by atoms with van der Waals surface area (Å²) in [5.74, 6) is 0. The molecule has 2 nitrogen and oxygen atoms in total. The standard InChI is InChI=1S/C16H17BrN2.ClH/c1-19(2)11-9-16(14-4-3-10-18-12-14)13-5-7-15(17)8-6-13;/h3-10,12H,11H2,1-2H3;1H. The van der Waals surface area contributed by atoms with E-state index < -0.39 is 0 Å². The Morgan fingerprint density at radius 2 is 1.85 bits per heavy atom. The van der Waals surface area contributed by atoms with Gasteiger partial charge in [0.15, 0.2) is 0 Å². The molecule has 0 radical (unpaired) electrons. The molecule has 1 aromatic heterocycles. The van der Waals surface area contributed by atoms with E-state index in [4.69, 9.17) is 0 Å². The lowest BCUT2D eigenvalue weighted by molar-refractivity contribution is 0.457. The Bertz CT molecular complexity index is 550. The molecule has 0 aliphatic rings. The summed E-state index contributed by atoms with van der Waals surface area (Å²) in [4.78, 5) is 6.36. The van der Waals surface area contributed by atoms with E-state index in [1.807, 2.05) is 12.3 Å². The molecule has 1 heterocycles. The van der Waals surface area contributed by atoms with Crippen LogP contribution in [0.3, 0.4) is 0 Å². The van der Waals surface area contributed by atoms with Crippen molar-refractivity contribution in [2.24, 2.45) is 0 Å². The summed E-state index contributed by atoms with van der Waals surface area (Å²) < 4.78 is 1.09. The number of aromatic nitrogens is 1. The first kappa shape index (κ1) is 16.9. The van der Waals surface area contributed by atoms with Crippen LogP contribution in [-0.2, 0) is 0 Å². The van der Waals surface area contributed by atoms with Crippen molar-refractivity contribution in [2.75, 3.05) is 20.6 Å². The van der Waals surface area contributed by atoms with Gasteiger partial charge in [-0.3, -0.25) is 4.98 Å². The quantitative estimate of drug-likeness (QED) is 0.816. The molecule has 0 fully saturated rings. The number of benzene rings is 1. The van der Waals surface area contributed by atoms with E-state index >= 15 is 0 Å². The second-order valence-corrected chi connectivity index (χ2v) is 5.54. The molecule has 0 aliphatic heterocycles. The largest absolute Gasteiger partial charge is 0.306 e. The van der Waals surface area contributed by atoms with Crippen LogP contribution in [0.5, 0.6) is 0 Å². The summed E-state index contributed by atoms with van der Waals surface area (Å²) in [5.41, 5.74) is 3.57. The van der Waals surface area contributed by atoms with Gasteiger partial charge in [0, 0.05) is 29.0 Å². The molecule has 2 rings (SSSR count). The topological polar surface area (TPSA) is 16.1 Å². The molecule has 106 valence electrons. The second kappa shape index (κ2) is 8.20. The van der Waals surface area contributed by atoms with Crippen LogP contribution < -0.4 is 0 Å². The SMILES string of the molecule is CN(C)CC=C(c1ccc(Br)cc1)c1cccnc1.Cl. The summed E-state index contributed by atoms with van der Waals surface area (Å²) in [6, 6.07) is 12.4. The third-order valence-electron chi connectivity index (χ3n) is 2.79. The predicted molar refractivity (Wildman–Crippen MR) is 91.3 cm³/mol. The summed E-state index contributed by atoms with van der Waals surface area (Å²) in [6.07, 6.45) is 5.94. The van der Waals surface area contributed by atoms with Crippen molar-refractivity contribution >= 4 is 33.9 Å². The van der Waals surface area contributed by atoms with Gasteiger partial charge in [0.2, 0.25) is 0 Å². The first-order valence-electron chi connectivity index (χ1n) is 6.18. The molecule has 0 unspecified atom stereocenters. The fourth-order valence-corrected chi connectivity index (χ4v) is 2.09. The predicted octanol–water partition coefficient (Wildman–Crippen LogP) is 4.26. The minimum Gasteiger partial charge on any atom is -0.306 e. The highest BCUT2D eigenvalue weighted by Gasteiger charge is 2.05. The Kier molecular flexibility index (Phi) is 6.93. The van der Waals surface area contributed by atoms with E-state index in [1.54, 1.807) is 6.20 Å². The smallest absolute Gasteiger partial charge is 0.0346 e. The zero-order chi connectivity index (χ0) is 13.7. The third kappa shape index (κ3) is 4.75. The van der Waals surface area contributed by atoms with Gasteiger partial charge in [0.25, 0.3) is 0 Å². The zero-order valence-electron chi connectivity index (χ0n) is 11.6. The van der Waals surface area contributed by atoms with Crippen LogP contribution in [0.25, 0.3) is 5.57 Å². The van der Waals surface area contributed by atoms with Gasteiger partial charge in [0.1, 0.15) is 0 Å². The van der Waals surface area contributed by atoms with Crippen LogP contribution in [0.15, 0.2) is 59.3 Å². The van der Waals surface area contributed by atoms with Gasteiger partial charge in [-0.25, -0.2) is 0 Å². The number of hydrogen-bond donors (Lipinski definition) is 0. The summed E-state index contributed by atoms with van der Waals surface area (Å²) in [7, 11) is 4.14. The van der Waals surface area contributed by atoms with Crippen LogP contribution in [-0.4, -0.2) is 30.5 Å². The monoisotopic (exact) mass is 352 g/mol. The van der Waals surface area contributed by atoms with Crippen LogP contribution in [0.4, 0.5) is 0 Å². The molecule has 0 aliphatic carbocycles. The Morgan fingerprint density at radius 1 is 1.15 bits per heavy atom. The maximum atomic E-state index is 4.21. The Morgan fingerprint density at radius 3 is 2.40 bits per heavy atom. The molecule has 20 heavy (non-hydrogen) atoms. The lowest BCUT2D eigenvalue weighted by Crippen LogP contribution is -2.11. The van der Waals surface area contributed by atoms with Gasteiger partial charge in [-0.1, -0.05) is 40.2 Å². The Labute approximate surface area is 135 Å². The van der Waals surface area contributed by atoms with E-state index in [9.17, 15) is 0 Å². The summed E-state index contributed by atoms with van der Waals surface area (Å²) >= 11 is 3.47. The molecular formula is C16H18BrClN2. The third-order valence-corrected chi connectivity index (χ3v) is 3.32. The maximum absolute atomic E-state index is 4.21. The molecule has 0 atom stereocenters. The van der Waals surface area contributed by atoms with Gasteiger partial charge < -0.3 is 4.90 Å². The van der Waals surface area contributed by atoms with E-state index in [2.05, 4.69) is 76.3 Å². The zero-order valence-corrected chi connectivity index (χ0v) is 14.0. The molecule has 1 aromatic carbocycles. The van der Waals surface area contributed by atoms with Gasteiger partial charge >= 0.3 is 0 Å². The van der Waals surface area contributed by atoms with Crippen molar-refractivity contribution in [3.05, 3.63) is 70.5 Å². The number of hydrogen-bond acceptors (Lipinski definition) is 2. The molecule has 0 saturated heterocycles. The minimum atomic E-state index is 0. The second-order valence-electron chi connectivity index (χ2n) is 4.63. The fourth-order valence-electron chi connectivity index (χ4n) is 1.83. The molecule has 2 aromatic rings. The van der Waals surface area contributed by atoms with Crippen molar-refractivity contribution in [3.63, 3.8) is 0 Å². The van der Waals surface area contributed by atoms with Crippen molar-refractivity contribution in [1.29, 1.82) is 0 Å². The number of rotatable bonds is 4. The first-order chi connectivity index (χ1) is 9.16. The lowest BCUT2D eigenvalue weighted by atomic mass is 9.99. The highest BCUT2D eigenvalue weighted by molar-refractivity contribution is 9.10. The number of likely N-dealkylation sites (N-methyl/N-ethyl adjacent to an activating group) is 1. The molecule has 0 spiro atoms. The molecule has 0 N–H and O–H groups in total. The number of nitrogens with zero attached hydrogens (tertiary/aromatic N) is 2. The van der Waals surface area contributed by atoms with E-state index in [0.717, 1.165) is 16.6 Å². The normalized spacial score (nSPS) is 11.3. The first-order valence-corrected chi connectivity index (χ1v) is 6.97.